The van der Waals surface area contributed by atoms with Crippen LogP contribution in [-0.2, 0) is 6.54 Å². The van der Waals surface area contributed by atoms with Gasteiger partial charge in [0.1, 0.15) is 5.75 Å². The minimum absolute atomic E-state index is 0.237. The first-order valence-corrected chi connectivity index (χ1v) is 8.83. The van der Waals surface area contributed by atoms with Crippen molar-refractivity contribution in [3.63, 3.8) is 0 Å². The highest BCUT2D eigenvalue weighted by molar-refractivity contribution is 9.10. The van der Waals surface area contributed by atoms with Crippen LogP contribution in [0.1, 0.15) is 29.8 Å². The molecular weight excluding hydrogens is 384 g/mol. The van der Waals surface area contributed by atoms with Crippen molar-refractivity contribution in [2.24, 2.45) is 5.92 Å². The highest BCUT2D eigenvalue weighted by Gasteiger charge is 2.10. The number of carbonyl (C=O) groups is 1. The number of nitrogens with zero attached hydrogens (tertiary/aromatic N) is 2. The SMILES string of the molecule is CC(C)COc1ccc(Br)cc1Cn1cc2ccc(C(=O)O)cc2n1. The molecule has 25 heavy (non-hydrogen) atoms. The maximum Gasteiger partial charge on any atom is 0.335 e. The fourth-order valence-electron chi connectivity index (χ4n) is 2.52. The van der Waals surface area contributed by atoms with Crippen molar-refractivity contribution in [3.05, 3.63) is 58.2 Å². The normalized spacial score (nSPS) is 11.2. The van der Waals surface area contributed by atoms with Crippen LogP contribution in [-0.4, -0.2) is 27.5 Å². The second-order valence-electron chi connectivity index (χ2n) is 6.36. The number of carboxylic acid groups (broad SMARTS) is 1. The number of aromatic carboxylic acids is 1. The number of aromatic nitrogens is 2. The van der Waals surface area contributed by atoms with Crippen LogP contribution in [0.5, 0.6) is 5.75 Å². The first-order chi connectivity index (χ1) is 11.9. The molecule has 1 aromatic heterocycles. The number of rotatable bonds is 6. The minimum Gasteiger partial charge on any atom is -0.493 e. The van der Waals surface area contributed by atoms with Gasteiger partial charge in [0.2, 0.25) is 0 Å². The third kappa shape index (κ3) is 4.20. The summed E-state index contributed by atoms with van der Waals surface area (Å²) in [5, 5.41) is 14.5. The molecule has 6 heteroatoms. The van der Waals surface area contributed by atoms with Crippen molar-refractivity contribution in [3.8, 4) is 5.75 Å². The summed E-state index contributed by atoms with van der Waals surface area (Å²) in [5.74, 6) is 0.328. The summed E-state index contributed by atoms with van der Waals surface area (Å²) in [7, 11) is 0. The second kappa shape index (κ2) is 7.27. The van der Waals surface area contributed by atoms with Crippen LogP contribution in [0.15, 0.2) is 47.1 Å². The van der Waals surface area contributed by atoms with Gasteiger partial charge in [-0.3, -0.25) is 4.68 Å². The molecule has 0 amide bonds. The topological polar surface area (TPSA) is 64.3 Å². The molecule has 0 saturated carbocycles. The Kier molecular flexibility index (Phi) is 5.08. The first kappa shape index (κ1) is 17.5. The molecule has 3 rings (SSSR count). The van der Waals surface area contributed by atoms with E-state index in [0.717, 1.165) is 21.2 Å². The number of hydrogen-bond acceptors (Lipinski definition) is 3. The van der Waals surface area contributed by atoms with E-state index in [9.17, 15) is 4.79 Å². The Hall–Kier alpha value is -2.34. The zero-order valence-corrected chi connectivity index (χ0v) is 15.7. The second-order valence-corrected chi connectivity index (χ2v) is 7.28. The van der Waals surface area contributed by atoms with Gasteiger partial charge in [-0.1, -0.05) is 35.8 Å². The molecule has 0 aliphatic heterocycles. The van der Waals surface area contributed by atoms with Gasteiger partial charge in [-0.05, 0) is 36.2 Å². The zero-order chi connectivity index (χ0) is 18.0. The molecule has 0 spiro atoms. The number of halogens is 1. The molecule has 2 aromatic carbocycles. The quantitative estimate of drug-likeness (QED) is 0.655. The smallest absolute Gasteiger partial charge is 0.335 e. The van der Waals surface area contributed by atoms with Crippen LogP contribution in [0.25, 0.3) is 10.9 Å². The molecular formula is C19H19BrN2O3. The van der Waals surface area contributed by atoms with Crippen LogP contribution >= 0.6 is 15.9 Å². The largest absolute Gasteiger partial charge is 0.493 e. The summed E-state index contributed by atoms with van der Waals surface area (Å²) < 4.78 is 8.69. The van der Waals surface area contributed by atoms with E-state index in [1.807, 2.05) is 24.4 Å². The molecule has 0 radical (unpaired) electrons. The summed E-state index contributed by atoms with van der Waals surface area (Å²) in [6, 6.07) is 10.9. The molecule has 0 atom stereocenters. The molecule has 0 bridgehead atoms. The van der Waals surface area contributed by atoms with E-state index in [1.165, 1.54) is 0 Å². The van der Waals surface area contributed by atoms with Crippen molar-refractivity contribution in [1.29, 1.82) is 0 Å². The van der Waals surface area contributed by atoms with E-state index in [0.29, 0.717) is 24.6 Å². The van der Waals surface area contributed by atoms with Gasteiger partial charge in [0.15, 0.2) is 0 Å². The number of benzene rings is 2. The molecule has 5 nitrogen and oxygen atoms in total. The van der Waals surface area contributed by atoms with Gasteiger partial charge < -0.3 is 9.84 Å². The molecule has 1 heterocycles. The van der Waals surface area contributed by atoms with Gasteiger partial charge in [0.05, 0.1) is 24.2 Å². The van der Waals surface area contributed by atoms with Gasteiger partial charge >= 0.3 is 5.97 Å². The van der Waals surface area contributed by atoms with Crippen LogP contribution in [0.4, 0.5) is 0 Å². The maximum atomic E-state index is 11.1. The standard InChI is InChI=1S/C19H19BrN2O3/c1-12(2)11-25-18-6-5-16(20)7-15(18)10-22-9-14-4-3-13(19(23)24)8-17(14)21-22/h3-9,12H,10-11H2,1-2H3,(H,23,24). The van der Waals surface area contributed by atoms with E-state index in [4.69, 9.17) is 9.84 Å². The summed E-state index contributed by atoms with van der Waals surface area (Å²) in [4.78, 5) is 11.1. The third-order valence-corrected chi connectivity index (χ3v) is 4.22. The van der Waals surface area contributed by atoms with Crippen molar-refractivity contribution in [2.75, 3.05) is 6.61 Å². The average molecular weight is 403 g/mol. The van der Waals surface area contributed by atoms with Gasteiger partial charge in [0, 0.05) is 21.6 Å². The molecule has 0 aliphatic carbocycles. The Balaban J connectivity index is 1.90. The van der Waals surface area contributed by atoms with Crippen molar-refractivity contribution in [2.45, 2.75) is 20.4 Å². The molecule has 3 aromatic rings. The fourth-order valence-corrected chi connectivity index (χ4v) is 2.93. The van der Waals surface area contributed by atoms with E-state index in [-0.39, 0.29) is 5.56 Å². The Morgan fingerprint density at radius 1 is 1.28 bits per heavy atom. The molecule has 130 valence electrons. The summed E-state index contributed by atoms with van der Waals surface area (Å²) in [6.45, 7) is 5.42. The van der Waals surface area contributed by atoms with Gasteiger partial charge in [-0.15, -0.1) is 0 Å². The number of ether oxygens (including phenoxy) is 1. The predicted molar refractivity (Wildman–Crippen MR) is 100 cm³/mol. The zero-order valence-electron chi connectivity index (χ0n) is 14.1. The Morgan fingerprint density at radius 2 is 2.08 bits per heavy atom. The van der Waals surface area contributed by atoms with E-state index in [1.54, 1.807) is 22.9 Å². The van der Waals surface area contributed by atoms with Gasteiger partial charge in [0.25, 0.3) is 0 Å². The molecule has 0 saturated heterocycles. The maximum absolute atomic E-state index is 11.1. The minimum atomic E-state index is -0.951. The first-order valence-electron chi connectivity index (χ1n) is 8.04. The monoisotopic (exact) mass is 402 g/mol. The Labute approximate surface area is 154 Å². The number of fused-ring (bicyclic) bond motifs is 1. The van der Waals surface area contributed by atoms with Crippen LogP contribution in [0.2, 0.25) is 0 Å². The van der Waals surface area contributed by atoms with E-state index in [2.05, 4.69) is 34.9 Å². The number of hydrogen-bond donors (Lipinski definition) is 1. The van der Waals surface area contributed by atoms with Crippen molar-refractivity contribution >= 4 is 32.8 Å². The van der Waals surface area contributed by atoms with Crippen LogP contribution in [0, 0.1) is 5.92 Å². The van der Waals surface area contributed by atoms with E-state index >= 15 is 0 Å². The van der Waals surface area contributed by atoms with Crippen LogP contribution < -0.4 is 4.74 Å². The molecule has 0 fully saturated rings. The highest BCUT2D eigenvalue weighted by atomic mass is 79.9. The average Bonchev–Trinajstić information content (AvgIpc) is 2.95. The van der Waals surface area contributed by atoms with Gasteiger partial charge in [-0.2, -0.15) is 5.10 Å². The lowest BCUT2D eigenvalue weighted by molar-refractivity contribution is 0.0697. The fraction of sp³-hybridized carbons (Fsp3) is 0.263. The lowest BCUT2D eigenvalue weighted by Crippen LogP contribution is -2.08. The molecule has 1 N–H and O–H groups in total. The highest BCUT2D eigenvalue weighted by Crippen LogP contribution is 2.25. The molecule has 0 aliphatic rings. The summed E-state index contributed by atoms with van der Waals surface area (Å²) >= 11 is 3.50. The predicted octanol–water partition coefficient (Wildman–Crippen LogP) is 4.58. The lowest BCUT2D eigenvalue weighted by atomic mass is 10.2. The number of carboxylic acids is 1. The third-order valence-electron chi connectivity index (χ3n) is 3.73. The van der Waals surface area contributed by atoms with Gasteiger partial charge in [-0.25, -0.2) is 4.79 Å². The summed E-state index contributed by atoms with van der Waals surface area (Å²) in [6.07, 6.45) is 1.91. The van der Waals surface area contributed by atoms with Crippen LogP contribution in [0.3, 0.4) is 0 Å². The summed E-state index contributed by atoms with van der Waals surface area (Å²) in [5.41, 5.74) is 1.92. The lowest BCUT2D eigenvalue weighted by Gasteiger charge is -2.13. The van der Waals surface area contributed by atoms with E-state index < -0.39 is 5.97 Å². The van der Waals surface area contributed by atoms with Crippen molar-refractivity contribution < 1.29 is 14.6 Å². The molecule has 0 unspecified atom stereocenters. The Bertz CT molecular complexity index is 918. The Morgan fingerprint density at radius 3 is 2.80 bits per heavy atom. The van der Waals surface area contributed by atoms with Crippen molar-refractivity contribution in [1.82, 2.24) is 9.78 Å².